The first kappa shape index (κ1) is 13.7. The van der Waals surface area contributed by atoms with Crippen LogP contribution in [-0.2, 0) is 0 Å². The first-order valence-corrected chi connectivity index (χ1v) is 6.61. The number of amides is 1. The molecule has 0 saturated carbocycles. The molecule has 0 bridgehead atoms. The van der Waals surface area contributed by atoms with Gasteiger partial charge in [-0.1, -0.05) is 6.07 Å². The summed E-state index contributed by atoms with van der Waals surface area (Å²) < 4.78 is 0. The number of carbonyl (C=O) groups is 1. The number of rotatable bonds is 3. The van der Waals surface area contributed by atoms with Crippen LogP contribution in [0.1, 0.15) is 29.6 Å². The molecule has 0 spiro atoms. The van der Waals surface area contributed by atoms with Gasteiger partial charge in [-0.2, -0.15) is 0 Å². The second-order valence-corrected chi connectivity index (χ2v) is 4.88. The second kappa shape index (κ2) is 5.93. The van der Waals surface area contributed by atoms with Crippen LogP contribution < -0.4 is 5.32 Å². The Bertz CT molecular complexity index is 440. The minimum absolute atomic E-state index is 0.00510. The van der Waals surface area contributed by atoms with Crippen molar-refractivity contribution in [3.8, 4) is 11.5 Å². The Morgan fingerprint density at radius 1 is 1.37 bits per heavy atom. The molecule has 1 saturated heterocycles. The summed E-state index contributed by atoms with van der Waals surface area (Å²) in [5, 5.41) is 22.7. The molecular weight excluding hydrogens is 244 g/mol. The van der Waals surface area contributed by atoms with Gasteiger partial charge < -0.3 is 20.4 Å². The monoisotopic (exact) mass is 264 g/mol. The Kier molecular flexibility index (Phi) is 4.27. The first-order valence-electron chi connectivity index (χ1n) is 6.61. The molecular formula is C14H20N2O3. The minimum Gasteiger partial charge on any atom is -0.507 e. The zero-order valence-electron chi connectivity index (χ0n) is 11.1. The van der Waals surface area contributed by atoms with E-state index in [4.69, 9.17) is 0 Å². The average molecular weight is 264 g/mol. The number of hydrogen-bond donors (Lipinski definition) is 3. The Morgan fingerprint density at radius 3 is 2.68 bits per heavy atom. The number of hydrogen-bond acceptors (Lipinski definition) is 4. The Hall–Kier alpha value is -1.75. The molecule has 1 heterocycles. The molecule has 1 aliphatic heterocycles. The fraction of sp³-hybridized carbons (Fsp3) is 0.500. The number of likely N-dealkylation sites (tertiary alicyclic amines) is 1. The summed E-state index contributed by atoms with van der Waals surface area (Å²) in [4.78, 5) is 14.2. The Morgan fingerprint density at radius 2 is 2.05 bits per heavy atom. The number of nitrogens with one attached hydrogen (secondary N) is 1. The van der Waals surface area contributed by atoms with E-state index in [1.165, 1.54) is 18.2 Å². The molecule has 1 aliphatic rings. The van der Waals surface area contributed by atoms with E-state index >= 15 is 0 Å². The molecule has 5 nitrogen and oxygen atoms in total. The van der Waals surface area contributed by atoms with Crippen molar-refractivity contribution in [3.05, 3.63) is 23.8 Å². The zero-order chi connectivity index (χ0) is 13.8. The largest absolute Gasteiger partial charge is 0.507 e. The average Bonchev–Trinajstić information content (AvgIpc) is 2.39. The van der Waals surface area contributed by atoms with Gasteiger partial charge in [0, 0.05) is 19.1 Å². The van der Waals surface area contributed by atoms with Gasteiger partial charge in [0.05, 0.1) is 0 Å². The van der Waals surface area contributed by atoms with Crippen molar-refractivity contribution in [1.29, 1.82) is 0 Å². The van der Waals surface area contributed by atoms with Gasteiger partial charge in [-0.3, -0.25) is 4.79 Å². The van der Waals surface area contributed by atoms with Crippen LogP contribution in [0.5, 0.6) is 11.5 Å². The Balaban J connectivity index is 2.26. The fourth-order valence-electron chi connectivity index (χ4n) is 2.61. The Labute approximate surface area is 112 Å². The lowest BCUT2D eigenvalue weighted by Gasteiger charge is -2.36. The lowest BCUT2D eigenvalue weighted by Crippen LogP contribution is -2.48. The van der Waals surface area contributed by atoms with E-state index in [1.54, 1.807) is 4.90 Å². The predicted octanol–water partition coefficient (Wildman–Crippen LogP) is 1.31. The third-order valence-electron chi connectivity index (χ3n) is 3.56. The number of aromatic hydroxyl groups is 2. The standard InChI is InChI=1S/C14H20N2O3/c1-15-9-10-5-2-3-8-16(10)14(19)13-11(17)6-4-7-12(13)18/h4,6-7,10,15,17-18H,2-3,5,8-9H2,1H3. The van der Waals surface area contributed by atoms with Crippen LogP contribution in [0.15, 0.2) is 18.2 Å². The van der Waals surface area contributed by atoms with Crippen LogP contribution in [0.25, 0.3) is 0 Å². The van der Waals surface area contributed by atoms with Crippen molar-refractivity contribution >= 4 is 5.91 Å². The quantitative estimate of drug-likeness (QED) is 0.769. The van der Waals surface area contributed by atoms with Gasteiger partial charge in [0.25, 0.3) is 5.91 Å². The van der Waals surface area contributed by atoms with Gasteiger partial charge in [0.1, 0.15) is 17.1 Å². The molecule has 0 aliphatic carbocycles. The summed E-state index contributed by atoms with van der Waals surface area (Å²) in [6, 6.07) is 4.47. The van der Waals surface area contributed by atoms with Crippen molar-refractivity contribution in [2.45, 2.75) is 25.3 Å². The molecule has 5 heteroatoms. The third kappa shape index (κ3) is 2.81. The smallest absolute Gasteiger partial charge is 0.261 e. The van der Waals surface area contributed by atoms with Crippen LogP contribution in [-0.4, -0.2) is 47.2 Å². The van der Waals surface area contributed by atoms with Crippen LogP contribution in [0.3, 0.4) is 0 Å². The van der Waals surface area contributed by atoms with Gasteiger partial charge in [-0.25, -0.2) is 0 Å². The maximum atomic E-state index is 12.5. The maximum absolute atomic E-state index is 12.5. The topological polar surface area (TPSA) is 72.8 Å². The summed E-state index contributed by atoms with van der Waals surface area (Å²) in [7, 11) is 1.86. The first-order chi connectivity index (χ1) is 9.15. The number of phenols is 2. The molecule has 1 aromatic carbocycles. The molecule has 1 unspecified atom stereocenters. The van der Waals surface area contributed by atoms with Crippen molar-refractivity contribution in [1.82, 2.24) is 10.2 Å². The summed E-state index contributed by atoms with van der Waals surface area (Å²) >= 11 is 0. The number of phenolic OH excluding ortho intramolecular Hbond substituents is 2. The number of carbonyl (C=O) groups excluding carboxylic acids is 1. The molecule has 0 aromatic heterocycles. The summed E-state index contributed by atoms with van der Waals surface area (Å²) in [5.74, 6) is -0.631. The molecule has 1 fully saturated rings. The van der Waals surface area contributed by atoms with E-state index in [0.29, 0.717) is 6.54 Å². The molecule has 1 aromatic rings. The number of benzene rings is 1. The van der Waals surface area contributed by atoms with E-state index in [2.05, 4.69) is 5.32 Å². The van der Waals surface area contributed by atoms with Gasteiger partial charge >= 0.3 is 0 Å². The SMILES string of the molecule is CNCC1CCCCN1C(=O)c1c(O)cccc1O. The normalized spacial score (nSPS) is 19.4. The molecule has 1 atom stereocenters. The van der Waals surface area contributed by atoms with Gasteiger partial charge in [0.15, 0.2) is 0 Å². The van der Waals surface area contributed by atoms with Crippen LogP contribution in [0.2, 0.25) is 0 Å². The van der Waals surface area contributed by atoms with Gasteiger partial charge in [0.2, 0.25) is 0 Å². The lowest BCUT2D eigenvalue weighted by atomic mass is 10.00. The fourth-order valence-corrected chi connectivity index (χ4v) is 2.61. The van der Waals surface area contributed by atoms with Crippen LogP contribution in [0, 0.1) is 0 Å². The highest BCUT2D eigenvalue weighted by molar-refractivity contribution is 5.99. The zero-order valence-corrected chi connectivity index (χ0v) is 11.1. The van der Waals surface area contributed by atoms with Crippen molar-refractivity contribution in [3.63, 3.8) is 0 Å². The third-order valence-corrected chi connectivity index (χ3v) is 3.56. The number of likely N-dealkylation sites (N-methyl/N-ethyl adjacent to an activating group) is 1. The molecule has 3 N–H and O–H groups in total. The molecule has 19 heavy (non-hydrogen) atoms. The predicted molar refractivity (Wildman–Crippen MR) is 72.4 cm³/mol. The van der Waals surface area contributed by atoms with E-state index in [1.807, 2.05) is 7.05 Å². The van der Waals surface area contributed by atoms with E-state index < -0.39 is 0 Å². The molecule has 0 radical (unpaired) electrons. The van der Waals surface area contributed by atoms with Crippen LogP contribution >= 0.6 is 0 Å². The van der Waals surface area contributed by atoms with E-state index in [0.717, 1.165) is 25.8 Å². The van der Waals surface area contributed by atoms with Gasteiger partial charge in [-0.15, -0.1) is 0 Å². The highest BCUT2D eigenvalue weighted by Gasteiger charge is 2.29. The highest BCUT2D eigenvalue weighted by Crippen LogP contribution is 2.30. The lowest BCUT2D eigenvalue weighted by molar-refractivity contribution is 0.0609. The minimum atomic E-state index is -0.296. The van der Waals surface area contributed by atoms with E-state index in [-0.39, 0.29) is 29.0 Å². The summed E-state index contributed by atoms with van der Waals surface area (Å²) in [5.41, 5.74) is 0.00510. The molecule has 2 rings (SSSR count). The summed E-state index contributed by atoms with van der Waals surface area (Å²) in [6.45, 7) is 1.39. The van der Waals surface area contributed by atoms with Crippen molar-refractivity contribution in [2.24, 2.45) is 0 Å². The van der Waals surface area contributed by atoms with Crippen molar-refractivity contribution in [2.75, 3.05) is 20.1 Å². The maximum Gasteiger partial charge on any atom is 0.261 e. The van der Waals surface area contributed by atoms with Crippen LogP contribution in [0.4, 0.5) is 0 Å². The van der Waals surface area contributed by atoms with Gasteiger partial charge in [-0.05, 0) is 38.4 Å². The second-order valence-electron chi connectivity index (χ2n) is 4.88. The van der Waals surface area contributed by atoms with E-state index in [9.17, 15) is 15.0 Å². The van der Waals surface area contributed by atoms with Crippen molar-refractivity contribution < 1.29 is 15.0 Å². The molecule has 104 valence electrons. The number of nitrogens with zero attached hydrogens (tertiary/aromatic N) is 1. The summed E-state index contributed by atoms with van der Waals surface area (Å²) in [6.07, 6.45) is 3.00. The highest BCUT2D eigenvalue weighted by atomic mass is 16.3. The number of piperidine rings is 1. The molecule has 1 amide bonds.